The summed E-state index contributed by atoms with van der Waals surface area (Å²) in [5.74, 6) is 1.61. The number of nitrogens with zero attached hydrogens (tertiary/aromatic N) is 3. The standard InChI is InChI=1S/C17H28N4O4/c1-12(2)16-19-17(25-20-16)15(13-3-7-23-8-4-13)18-14(22)11-21-5-9-24-10-6-21/h12-13,15H,3-11H2,1-2H3,(H,18,22)/t15-/m0/s1. The molecule has 0 aliphatic carbocycles. The molecule has 0 saturated carbocycles. The van der Waals surface area contributed by atoms with Gasteiger partial charge in [0.25, 0.3) is 0 Å². The monoisotopic (exact) mass is 352 g/mol. The average Bonchev–Trinajstić information content (AvgIpc) is 3.11. The van der Waals surface area contributed by atoms with Crippen LogP contribution in [0, 0.1) is 5.92 Å². The molecule has 3 heterocycles. The van der Waals surface area contributed by atoms with Crippen LogP contribution in [0.3, 0.4) is 0 Å². The maximum absolute atomic E-state index is 12.6. The van der Waals surface area contributed by atoms with Gasteiger partial charge in [-0.1, -0.05) is 19.0 Å². The van der Waals surface area contributed by atoms with Gasteiger partial charge >= 0.3 is 0 Å². The largest absolute Gasteiger partial charge is 0.381 e. The summed E-state index contributed by atoms with van der Waals surface area (Å²) in [6.45, 7) is 8.74. The molecule has 1 aromatic heterocycles. The van der Waals surface area contributed by atoms with Gasteiger partial charge in [0, 0.05) is 32.2 Å². The number of morpholine rings is 1. The molecule has 0 spiro atoms. The molecule has 0 unspecified atom stereocenters. The summed E-state index contributed by atoms with van der Waals surface area (Å²) >= 11 is 0. The minimum Gasteiger partial charge on any atom is -0.381 e. The first kappa shape index (κ1) is 18.3. The summed E-state index contributed by atoms with van der Waals surface area (Å²) in [6, 6.07) is -0.252. The zero-order valence-corrected chi connectivity index (χ0v) is 15.1. The molecule has 2 aliphatic rings. The molecule has 8 nitrogen and oxygen atoms in total. The van der Waals surface area contributed by atoms with Crippen LogP contribution >= 0.6 is 0 Å². The second kappa shape index (κ2) is 8.73. The number of ether oxygens (including phenoxy) is 2. The van der Waals surface area contributed by atoms with Crippen molar-refractivity contribution >= 4 is 5.91 Å². The van der Waals surface area contributed by atoms with Crippen LogP contribution in [-0.4, -0.2) is 67.0 Å². The highest BCUT2D eigenvalue weighted by molar-refractivity contribution is 5.78. The van der Waals surface area contributed by atoms with Crippen LogP contribution in [0.5, 0.6) is 0 Å². The van der Waals surface area contributed by atoms with Crippen molar-refractivity contribution in [3.8, 4) is 0 Å². The van der Waals surface area contributed by atoms with E-state index in [1.807, 2.05) is 13.8 Å². The third-order valence-corrected chi connectivity index (χ3v) is 4.76. The van der Waals surface area contributed by atoms with Crippen LogP contribution in [-0.2, 0) is 14.3 Å². The number of rotatable bonds is 6. The maximum atomic E-state index is 12.6. The first-order chi connectivity index (χ1) is 12.1. The Kier molecular flexibility index (Phi) is 6.39. The first-order valence-corrected chi connectivity index (χ1v) is 9.14. The van der Waals surface area contributed by atoms with Crippen molar-refractivity contribution in [2.24, 2.45) is 5.92 Å². The van der Waals surface area contributed by atoms with Crippen LogP contribution in [0.15, 0.2) is 4.52 Å². The van der Waals surface area contributed by atoms with Gasteiger partial charge in [-0.15, -0.1) is 0 Å². The third-order valence-electron chi connectivity index (χ3n) is 4.76. The maximum Gasteiger partial charge on any atom is 0.249 e. The van der Waals surface area contributed by atoms with E-state index in [-0.39, 0.29) is 23.8 Å². The van der Waals surface area contributed by atoms with E-state index >= 15 is 0 Å². The lowest BCUT2D eigenvalue weighted by atomic mass is 9.91. The molecule has 2 fully saturated rings. The minimum atomic E-state index is -0.252. The lowest BCUT2D eigenvalue weighted by Crippen LogP contribution is -2.45. The van der Waals surface area contributed by atoms with Crippen molar-refractivity contribution in [2.45, 2.75) is 38.6 Å². The summed E-state index contributed by atoms with van der Waals surface area (Å²) < 4.78 is 16.3. The van der Waals surface area contributed by atoms with Gasteiger partial charge in [-0.25, -0.2) is 0 Å². The number of carbonyl (C=O) groups excluding carboxylic acids is 1. The van der Waals surface area contributed by atoms with Crippen LogP contribution in [0.4, 0.5) is 0 Å². The lowest BCUT2D eigenvalue weighted by molar-refractivity contribution is -0.125. The number of carbonyl (C=O) groups is 1. The van der Waals surface area contributed by atoms with Crippen molar-refractivity contribution in [1.82, 2.24) is 20.4 Å². The molecule has 8 heteroatoms. The van der Waals surface area contributed by atoms with E-state index in [1.165, 1.54) is 0 Å². The van der Waals surface area contributed by atoms with Crippen molar-refractivity contribution in [3.05, 3.63) is 11.7 Å². The van der Waals surface area contributed by atoms with Gasteiger partial charge in [-0.05, 0) is 18.8 Å². The molecule has 3 rings (SSSR count). The second-order valence-electron chi connectivity index (χ2n) is 7.03. The highest BCUT2D eigenvalue weighted by Gasteiger charge is 2.32. The number of nitrogens with one attached hydrogen (secondary N) is 1. The predicted molar refractivity (Wildman–Crippen MR) is 90.1 cm³/mol. The molecule has 0 radical (unpaired) electrons. The van der Waals surface area contributed by atoms with Gasteiger partial charge in [-0.2, -0.15) is 4.98 Å². The van der Waals surface area contributed by atoms with E-state index in [9.17, 15) is 4.79 Å². The predicted octanol–water partition coefficient (Wildman–Crippen LogP) is 1.11. The fourth-order valence-corrected chi connectivity index (χ4v) is 3.22. The van der Waals surface area contributed by atoms with E-state index in [0.717, 1.165) is 25.9 Å². The van der Waals surface area contributed by atoms with Crippen molar-refractivity contribution < 1.29 is 18.8 Å². The van der Waals surface area contributed by atoms with Gasteiger partial charge in [0.1, 0.15) is 6.04 Å². The Bertz CT molecular complexity index is 551. The van der Waals surface area contributed by atoms with Gasteiger partial charge in [0.2, 0.25) is 11.8 Å². The van der Waals surface area contributed by atoms with Gasteiger partial charge in [0.05, 0.1) is 19.8 Å². The Morgan fingerprint density at radius 2 is 1.88 bits per heavy atom. The molecule has 1 atom stereocenters. The van der Waals surface area contributed by atoms with Crippen molar-refractivity contribution in [2.75, 3.05) is 46.1 Å². The van der Waals surface area contributed by atoms with E-state index < -0.39 is 0 Å². The van der Waals surface area contributed by atoms with Crippen LogP contribution in [0.1, 0.15) is 50.4 Å². The Morgan fingerprint density at radius 1 is 1.20 bits per heavy atom. The summed E-state index contributed by atoms with van der Waals surface area (Å²) in [4.78, 5) is 19.2. The fourth-order valence-electron chi connectivity index (χ4n) is 3.22. The Balaban J connectivity index is 1.67. The first-order valence-electron chi connectivity index (χ1n) is 9.14. The molecule has 1 N–H and O–H groups in total. The van der Waals surface area contributed by atoms with E-state index in [2.05, 4.69) is 20.4 Å². The molecule has 2 saturated heterocycles. The van der Waals surface area contributed by atoms with E-state index in [0.29, 0.717) is 44.7 Å². The van der Waals surface area contributed by atoms with E-state index in [4.69, 9.17) is 14.0 Å². The van der Waals surface area contributed by atoms with Gasteiger partial charge in [-0.3, -0.25) is 9.69 Å². The molecular formula is C17H28N4O4. The minimum absolute atomic E-state index is 0.0114. The number of amides is 1. The summed E-state index contributed by atoms with van der Waals surface area (Å²) in [7, 11) is 0. The fraction of sp³-hybridized carbons (Fsp3) is 0.824. The number of hydrogen-bond donors (Lipinski definition) is 1. The summed E-state index contributed by atoms with van der Waals surface area (Å²) in [5.41, 5.74) is 0. The SMILES string of the molecule is CC(C)c1noc([C@@H](NC(=O)CN2CCOCC2)C2CCOCC2)n1. The molecule has 0 bridgehead atoms. The molecule has 2 aliphatic heterocycles. The Morgan fingerprint density at radius 3 is 2.52 bits per heavy atom. The lowest BCUT2D eigenvalue weighted by Gasteiger charge is -2.30. The quantitative estimate of drug-likeness (QED) is 0.820. The van der Waals surface area contributed by atoms with E-state index in [1.54, 1.807) is 0 Å². The average molecular weight is 352 g/mol. The highest BCUT2D eigenvalue weighted by atomic mass is 16.5. The Labute approximate surface area is 148 Å². The molecule has 25 heavy (non-hydrogen) atoms. The Hall–Kier alpha value is -1.51. The van der Waals surface area contributed by atoms with Crippen molar-refractivity contribution in [1.29, 1.82) is 0 Å². The van der Waals surface area contributed by atoms with Gasteiger partial charge in [0.15, 0.2) is 5.82 Å². The topological polar surface area (TPSA) is 89.7 Å². The highest BCUT2D eigenvalue weighted by Crippen LogP contribution is 2.30. The third kappa shape index (κ3) is 4.99. The second-order valence-corrected chi connectivity index (χ2v) is 7.03. The zero-order chi connectivity index (χ0) is 17.6. The molecule has 140 valence electrons. The van der Waals surface area contributed by atoms with Crippen LogP contribution < -0.4 is 5.32 Å². The van der Waals surface area contributed by atoms with Crippen LogP contribution in [0.25, 0.3) is 0 Å². The van der Waals surface area contributed by atoms with Crippen LogP contribution in [0.2, 0.25) is 0 Å². The summed E-state index contributed by atoms with van der Waals surface area (Å²) in [6.07, 6.45) is 1.75. The van der Waals surface area contributed by atoms with Gasteiger partial charge < -0.3 is 19.3 Å². The summed E-state index contributed by atoms with van der Waals surface area (Å²) in [5, 5.41) is 7.19. The molecule has 1 aromatic rings. The smallest absolute Gasteiger partial charge is 0.249 e. The molecular weight excluding hydrogens is 324 g/mol. The normalized spacial score (nSPS) is 21.4. The molecule has 0 aromatic carbocycles. The van der Waals surface area contributed by atoms with Crippen molar-refractivity contribution in [3.63, 3.8) is 0 Å². The number of aromatic nitrogens is 2. The molecule has 1 amide bonds. The number of hydrogen-bond acceptors (Lipinski definition) is 7. The zero-order valence-electron chi connectivity index (χ0n) is 15.1.